The minimum atomic E-state index is -5.51. The molecule has 16 unspecified atom stereocenters. The molecule has 0 heterocycles. The first-order valence-electron chi connectivity index (χ1n) is 23.1. The van der Waals surface area contributed by atoms with E-state index in [1.807, 2.05) is 13.0 Å². The van der Waals surface area contributed by atoms with Crippen molar-refractivity contribution in [2.45, 2.75) is 195 Å². The number of halogens is 16. The lowest BCUT2D eigenvalue weighted by atomic mass is 9.85. The van der Waals surface area contributed by atoms with Crippen LogP contribution in [0.25, 0.3) is 0 Å². The molecule has 0 spiro atoms. The molecule has 414 valence electrons. The molecule has 0 aromatic heterocycles. The summed E-state index contributed by atoms with van der Waals surface area (Å²) in [5.41, 5.74) is -7.48. The highest BCUT2D eigenvalue weighted by Crippen LogP contribution is 2.64. The van der Waals surface area contributed by atoms with Crippen LogP contribution < -0.4 is 0 Å². The first kappa shape index (κ1) is 66.3. The maximum Gasteiger partial charge on any atom is 0.429 e. The fourth-order valence-electron chi connectivity index (χ4n) is 12.7. The number of hydrogen-bond acceptors (Lipinski definition) is 0. The Morgan fingerprint density at radius 2 is 0.789 bits per heavy atom. The van der Waals surface area contributed by atoms with Crippen LogP contribution in [0.1, 0.15) is 142 Å². The van der Waals surface area contributed by atoms with Gasteiger partial charge in [0.1, 0.15) is 5.67 Å². The van der Waals surface area contributed by atoms with Crippen LogP contribution in [-0.4, -0.2) is 52.8 Å². The standard InChI is InChI=1S/C9H11F3.C9H13F.C9H14.C8H6F6.C7H6F4.C7H8F2.6CH4/c1-2-8(10)6-3-4-7(5-6)9(8,11)12;1-2-9(10)6-7-3-4-8(9)5-7;1-2-8-5-7-3-4-9(8)6-7;9-6(8(12,13)14)4-1-2-5(3-4)7(6,10)11;8-6(9)4-1-2-5(3-4)7(6,10)11;8-7(9)4-5-1-2-6(7)3-5;;;;;;/h3-4,6-7H,2,5H2,1H3;3-4,7-8H,2,5-6H2,1H3;3-4,7-9H,2,5-6H2,1H3;1-2,4-5H,3H2;1-2,4-5H,3H2;1-2,5-6H,3-4H2;6*1H4. The highest BCUT2D eigenvalue weighted by molar-refractivity contribution is 5.28. The zero-order valence-electron chi connectivity index (χ0n) is 36.5. The Morgan fingerprint density at radius 1 is 0.380 bits per heavy atom. The van der Waals surface area contributed by atoms with Gasteiger partial charge in [0.25, 0.3) is 23.4 Å². The van der Waals surface area contributed by atoms with E-state index in [4.69, 9.17) is 0 Å². The summed E-state index contributed by atoms with van der Waals surface area (Å²) in [5.74, 6) is -21.1. The predicted molar refractivity (Wildman–Crippen MR) is 255 cm³/mol. The van der Waals surface area contributed by atoms with Gasteiger partial charge in [-0.2, -0.15) is 30.7 Å². The molecule has 71 heavy (non-hydrogen) atoms. The summed E-state index contributed by atoms with van der Waals surface area (Å²) in [4.78, 5) is 0. The average molecular weight is 1050 g/mol. The molecule has 16 atom stereocenters. The van der Waals surface area contributed by atoms with Crippen LogP contribution in [0, 0.1) is 76.9 Å². The third kappa shape index (κ3) is 11.0. The van der Waals surface area contributed by atoms with Crippen LogP contribution in [0.4, 0.5) is 70.2 Å². The van der Waals surface area contributed by atoms with Crippen LogP contribution in [0.3, 0.4) is 0 Å². The van der Waals surface area contributed by atoms with Gasteiger partial charge in [0.15, 0.2) is 5.67 Å². The van der Waals surface area contributed by atoms with Crippen molar-refractivity contribution in [1.82, 2.24) is 0 Å². The van der Waals surface area contributed by atoms with E-state index in [-0.39, 0.29) is 82.1 Å². The van der Waals surface area contributed by atoms with Gasteiger partial charge >= 0.3 is 18.0 Å². The van der Waals surface area contributed by atoms with E-state index in [9.17, 15) is 70.2 Å². The van der Waals surface area contributed by atoms with Crippen LogP contribution in [0.5, 0.6) is 0 Å². The van der Waals surface area contributed by atoms with E-state index in [0.29, 0.717) is 18.8 Å². The summed E-state index contributed by atoms with van der Waals surface area (Å²) in [6, 6.07) is 0. The summed E-state index contributed by atoms with van der Waals surface area (Å²) >= 11 is 0. The summed E-state index contributed by atoms with van der Waals surface area (Å²) < 4.78 is 206. The molecule has 12 aliphatic rings. The van der Waals surface area contributed by atoms with E-state index in [2.05, 4.69) is 31.2 Å². The van der Waals surface area contributed by atoms with Gasteiger partial charge in [0.2, 0.25) is 0 Å². The number of allylic oxidation sites excluding steroid dienone is 12. The number of hydrogen-bond donors (Lipinski definition) is 0. The molecule has 6 saturated carbocycles. The van der Waals surface area contributed by atoms with Crippen molar-refractivity contribution >= 4 is 0 Å². The maximum absolute atomic E-state index is 13.7. The SMILES string of the molecule is C.C.C.C.C.C.CCC1(F)C2C=CC(C2)C1(F)F.CCC1(F)CC2C=CC1C2.CCC1CC2C=CC1C2.FC(F)(F)C1(F)C2C=CC(C2)C1(F)F.FC1(F)C2C=CC(C2)C1(F)F.FC1(F)CC2C=CC1C2. The first-order valence-corrected chi connectivity index (χ1v) is 23.1. The van der Waals surface area contributed by atoms with E-state index in [0.717, 1.165) is 42.7 Å². The molecule has 6 fully saturated rings. The third-order valence-corrected chi connectivity index (χ3v) is 16.8. The smallest absolute Gasteiger partial charge is 0.243 e. The van der Waals surface area contributed by atoms with Gasteiger partial charge in [0.05, 0.1) is 0 Å². The number of rotatable bonds is 3. The summed E-state index contributed by atoms with van der Waals surface area (Å²) in [5, 5.41) is 0. The van der Waals surface area contributed by atoms with Crippen molar-refractivity contribution in [3.8, 4) is 0 Å². The molecule has 16 heteroatoms. The Kier molecular flexibility index (Phi) is 21.2. The molecule has 0 aliphatic heterocycles. The van der Waals surface area contributed by atoms with E-state index in [1.165, 1.54) is 44.4 Å². The van der Waals surface area contributed by atoms with Crippen molar-refractivity contribution in [3.63, 3.8) is 0 Å². The van der Waals surface area contributed by atoms with Gasteiger partial charge in [-0.25, -0.2) is 39.5 Å². The average Bonchev–Trinajstić information content (AvgIpc) is 4.09. The second kappa shape index (κ2) is 22.7. The number of alkyl halides is 16. The Hall–Kier alpha value is -2.68. The second-order valence-electron chi connectivity index (χ2n) is 20.4. The Bertz CT molecular complexity index is 1890. The topological polar surface area (TPSA) is 0 Å². The molecule has 0 nitrogen and oxygen atoms in total. The Balaban J connectivity index is 0.000000421. The van der Waals surface area contributed by atoms with Gasteiger partial charge < -0.3 is 0 Å². The van der Waals surface area contributed by atoms with Gasteiger partial charge in [-0.15, -0.1) is 0 Å². The quantitative estimate of drug-likeness (QED) is 0.195. The Labute approximate surface area is 414 Å². The van der Waals surface area contributed by atoms with Crippen LogP contribution >= 0.6 is 0 Å². The van der Waals surface area contributed by atoms with E-state index in [1.54, 1.807) is 12.2 Å². The first-order chi connectivity index (χ1) is 30.0. The van der Waals surface area contributed by atoms with Crippen LogP contribution in [0.2, 0.25) is 0 Å². The Morgan fingerprint density at radius 3 is 1.00 bits per heavy atom. The maximum atomic E-state index is 13.7. The van der Waals surface area contributed by atoms with Gasteiger partial charge in [-0.1, -0.05) is 145 Å². The number of fused-ring (bicyclic) bond motifs is 12. The highest BCUT2D eigenvalue weighted by Gasteiger charge is 2.81. The lowest BCUT2D eigenvalue weighted by Gasteiger charge is -2.35. The zero-order valence-corrected chi connectivity index (χ0v) is 36.5. The second-order valence-corrected chi connectivity index (χ2v) is 20.4. The molecule has 0 saturated heterocycles. The molecular weight excluding hydrogens is 965 g/mol. The molecule has 0 aromatic carbocycles. The molecule has 12 rings (SSSR count). The highest BCUT2D eigenvalue weighted by atomic mass is 19.4. The van der Waals surface area contributed by atoms with Crippen LogP contribution in [0.15, 0.2) is 72.9 Å². The summed E-state index contributed by atoms with van der Waals surface area (Å²) in [6.07, 6.45) is 21.8. The van der Waals surface area contributed by atoms with Gasteiger partial charge in [0, 0.05) is 53.8 Å². The van der Waals surface area contributed by atoms with Gasteiger partial charge in [-0.05, 0) is 93.8 Å². The van der Waals surface area contributed by atoms with Gasteiger partial charge in [-0.3, -0.25) is 0 Å². The van der Waals surface area contributed by atoms with Crippen molar-refractivity contribution in [2.75, 3.05) is 0 Å². The van der Waals surface area contributed by atoms with E-state index >= 15 is 0 Å². The third-order valence-electron chi connectivity index (χ3n) is 16.8. The normalized spacial score (nSPS) is 42.4. The summed E-state index contributed by atoms with van der Waals surface area (Å²) in [6.45, 7) is 5.76. The minimum absolute atomic E-state index is 0. The molecule has 0 N–H and O–H groups in total. The van der Waals surface area contributed by atoms with Crippen molar-refractivity contribution < 1.29 is 70.2 Å². The largest absolute Gasteiger partial charge is 0.429 e. The molecular formula is C55H82F16. The van der Waals surface area contributed by atoms with Crippen molar-refractivity contribution in [1.29, 1.82) is 0 Å². The van der Waals surface area contributed by atoms with Crippen LogP contribution in [-0.2, 0) is 0 Å². The van der Waals surface area contributed by atoms with Crippen molar-refractivity contribution in [2.24, 2.45) is 76.9 Å². The van der Waals surface area contributed by atoms with E-state index < -0.39 is 101 Å². The molecule has 12 aliphatic carbocycles. The monoisotopic (exact) mass is 1050 g/mol. The summed E-state index contributed by atoms with van der Waals surface area (Å²) in [7, 11) is 0. The fourth-order valence-corrected chi connectivity index (χ4v) is 12.7. The molecule has 0 radical (unpaired) electrons. The zero-order chi connectivity index (χ0) is 48.0. The van der Waals surface area contributed by atoms with Crippen molar-refractivity contribution in [3.05, 3.63) is 72.9 Å². The lowest BCUT2D eigenvalue weighted by Crippen LogP contribution is -2.57. The predicted octanol–water partition coefficient (Wildman–Crippen LogP) is 19.9. The fraction of sp³-hybridized carbons (Fsp3) is 0.782. The minimum Gasteiger partial charge on any atom is -0.243 e. The lowest BCUT2D eigenvalue weighted by molar-refractivity contribution is -0.305. The molecule has 0 amide bonds. The molecule has 0 aromatic rings. The molecule has 12 bridgehead atoms.